The van der Waals surface area contributed by atoms with Crippen molar-refractivity contribution in [3.8, 4) is 0 Å². The second-order valence-corrected chi connectivity index (χ2v) is 6.07. The van der Waals surface area contributed by atoms with Crippen LogP contribution in [-0.2, 0) is 17.6 Å². The van der Waals surface area contributed by atoms with Crippen molar-refractivity contribution in [1.82, 2.24) is 10.1 Å². The predicted molar refractivity (Wildman–Crippen MR) is 67.6 cm³/mol. The minimum absolute atomic E-state index is 0.389. The topological polar surface area (TPSA) is 76.2 Å². The van der Waals surface area contributed by atoms with E-state index in [9.17, 15) is 9.90 Å². The molecule has 3 rings (SSSR count). The van der Waals surface area contributed by atoms with Crippen LogP contribution in [0.15, 0.2) is 4.52 Å². The van der Waals surface area contributed by atoms with E-state index in [0.29, 0.717) is 18.2 Å². The molecule has 5 nitrogen and oxygen atoms in total. The van der Waals surface area contributed by atoms with Gasteiger partial charge in [-0.05, 0) is 18.8 Å². The van der Waals surface area contributed by atoms with Crippen LogP contribution in [0.1, 0.15) is 56.7 Å². The van der Waals surface area contributed by atoms with Crippen molar-refractivity contribution in [3.63, 3.8) is 0 Å². The van der Waals surface area contributed by atoms with E-state index < -0.39 is 11.4 Å². The molecule has 1 aromatic rings. The minimum atomic E-state index is -0.719. The zero-order valence-electron chi connectivity index (χ0n) is 11.1. The maximum atomic E-state index is 11.5. The van der Waals surface area contributed by atoms with Crippen molar-refractivity contribution in [2.75, 3.05) is 0 Å². The molecular weight excluding hydrogens is 244 g/mol. The van der Waals surface area contributed by atoms with Gasteiger partial charge in [0.25, 0.3) is 0 Å². The van der Waals surface area contributed by atoms with Crippen LogP contribution in [0.4, 0.5) is 0 Å². The molecule has 104 valence electrons. The van der Waals surface area contributed by atoms with Crippen molar-refractivity contribution in [2.24, 2.45) is 11.3 Å². The Hall–Kier alpha value is -1.39. The molecule has 0 bridgehead atoms. The third kappa shape index (κ3) is 2.51. The lowest BCUT2D eigenvalue weighted by molar-refractivity contribution is -0.148. The molecule has 2 fully saturated rings. The van der Waals surface area contributed by atoms with Gasteiger partial charge in [-0.25, -0.2) is 0 Å². The van der Waals surface area contributed by atoms with Crippen LogP contribution in [0, 0.1) is 11.3 Å². The number of hydrogen-bond acceptors (Lipinski definition) is 4. The van der Waals surface area contributed by atoms with Crippen LogP contribution >= 0.6 is 0 Å². The summed E-state index contributed by atoms with van der Waals surface area (Å²) >= 11 is 0. The van der Waals surface area contributed by atoms with E-state index in [0.717, 1.165) is 37.9 Å². The summed E-state index contributed by atoms with van der Waals surface area (Å²) < 4.78 is 5.25. The monoisotopic (exact) mass is 264 g/mol. The van der Waals surface area contributed by atoms with Crippen molar-refractivity contribution in [2.45, 2.75) is 57.8 Å². The third-order valence-electron chi connectivity index (χ3n) is 4.71. The highest BCUT2D eigenvalue weighted by Gasteiger charge is 2.42. The number of nitrogens with zero attached hydrogens (tertiary/aromatic N) is 2. The summed E-state index contributed by atoms with van der Waals surface area (Å²) in [7, 11) is 0. The zero-order valence-corrected chi connectivity index (χ0v) is 11.1. The highest BCUT2D eigenvalue weighted by Crippen LogP contribution is 2.41. The van der Waals surface area contributed by atoms with E-state index in [-0.39, 0.29) is 0 Å². The SMILES string of the molecule is O=C(O)C1(Cc2nc(CC3CCC3)no2)CCCC1. The standard InChI is InChI=1S/C14H20N2O3/c17-13(18)14(6-1-2-7-14)9-12-15-11(16-19-12)8-10-4-3-5-10/h10H,1-9H2,(H,17,18). The number of rotatable bonds is 5. The quantitative estimate of drug-likeness (QED) is 0.884. The summed E-state index contributed by atoms with van der Waals surface area (Å²) in [5.41, 5.74) is -0.666. The van der Waals surface area contributed by atoms with Gasteiger partial charge >= 0.3 is 5.97 Å². The summed E-state index contributed by atoms with van der Waals surface area (Å²) in [4.78, 5) is 15.9. The Kier molecular flexibility index (Phi) is 3.29. The zero-order chi connectivity index (χ0) is 13.3. The Morgan fingerprint density at radius 1 is 1.32 bits per heavy atom. The molecule has 2 aliphatic rings. The van der Waals surface area contributed by atoms with Gasteiger partial charge < -0.3 is 9.63 Å². The molecule has 1 N–H and O–H groups in total. The molecule has 2 aliphatic carbocycles. The second kappa shape index (κ2) is 4.94. The Morgan fingerprint density at radius 3 is 2.63 bits per heavy atom. The predicted octanol–water partition coefficient (Wildman–Crippen LogP) is 2.60. The van der Waals surface area contributed by atoms with E-state index in [1.54, 1.807) is 0 Å². The molecule has 0 atom stereocenters. The van der Waals surface area contributed by atoms with Gasteiger partial charge in [-0.15, -0.1) is 0 Å². The fraction of sp³-hybridized carbons (Fsp3) is 0.786. The normalized spacial score (nSPS) is 22.3. The van der Waals surface area contributed by atoms with Gasteiger partial charge in [-0.1, -0.05) is 37.3 Å². The molecular formula is C14H20N2O3. The number of hydrogen-bond donors (Lipinski definition) is 1. The third-order valence-corrected chi connectivity index (χ3v) is 4.71. The first kappa shape index (κ1) is 12.6. The van der Waals surface area contributed by atoms with Gasteiger partial charge in [0, 0.05) is 12.8 Å². The lowest BCUT2D eigenvalue weighted by atomic mass is 9.82. The molecule has 0 aromatic carbocycles. The van der Waals surface area contributed by atoms with Crippen LogP contribution in [0.25, 0.3) is 0 Å². The molecule has 19 heavy (non-hydrogen) atoms. The molecule has 1 aromatic heterocycles. The fourth-order valence-corrected chi connectivity index (χ4v) is 3.21. The highest BCUT2D eigenvalue weighted by atomic mass is 16.5. The number of carboxylic acid groups (broad SMARTS) is 1. The molecule has 0 radical (unpaired) electrons. The summed E-state index contributed by atoms with van der Waals surface area (Å²) in [5.74, 6) is 1.23. The van der Waals surface area contributed by atoms with Gasteiger partial charge in [-0.3, -0.25) is 4.79 Å². The van der Waals surface area contributed by atoms with Crippen molar-refractivity contribution in [1.29, 1.82) is 0 Å². The molecule has 0 amide bonds. The Balaban J connectivity index is 1.66. The van der Waals surface area contributed by atoms with Crippen molar-refractivity contribution in [3.05, 3.63) is 11.7 Å². The van der Waals surface area contributed by atoms with Crippen LogP contribution in [0.5, 0.6) is 0 Å². The molecule has 0 spiro atoms. The number of carbonyl (C=O) groups is 1. The van der Waals surface area contributed by atoms with E-state index in [1.807, 2.05) is 0 Å². The highest BCUT2D eigenvalue weighted by molar-refractivity contribution is 5.75. The molecule has 2 saturated carbocycles. The molecule has 5 heteroatoms. The first-order chi connectivity index (χ1) is 9.18. The van der Waals surface area contributed by atoms with Crippen molar-refractivity contribution >= 4 is 5.97 Å². The van der Waals surface area contributed by atoms with E-state index in [2.05, 4.69) is 10.1 Å². The minimum Gasteiger partial charge on any atom is -0.481 e. The smallest absolute Gasteiger partial charge is 0.310 e. The van der Waals surface area contributed by atoms with Gasteiger partial charge in [-0.2, -0.15) is 4.98 Å². The largest absolute Gasteiger partial charge is 0.481 e. The first-order valence-electron chi connectivity index (χ1n) is 7.23. The van der Waals surface area contributed by atoms with E-state index >= 15 is 0 Å². The summed E-state index contributed by atoms with van der Waals surface area (Å²) in [6, 6.07) is 0. The maximum absolute atomic E-state index is 11.5. The van der Waals surface area contributed by atoms with Gasteiger partial charge in [0.1, 0.15) is 0 Å². The van der Waals surface area contributed by atoms with Gasteiger partial charge in [0.05, 0.1) is 5.41 Å². The van der Waals surface area contributed by atoms with Crippen molar-refractivity contribution < 1.29 is 14.4 Å². The van der Waals surface area contributed by atoms with Crippen LogP contribution in [0.2, 0.25) is 0 Å². The van der Waals surface area contributed by atoms with Crippen LogP contribution in [-0.4, -0.2) is 21.2 Å². The first-order valence-corrected chi connectivity index (χ1v) is 7.23. The average Bonchev–Trinajstić information content (AvgIpc) is 2.94. The van der Waals surface area contributed by atoms with E-state index in [4.69, 9.17) is 4.52 Å². The number of carboxylic acids is 1. The molecule has 0 saturated heterocycles. The van der Waals surface area contributed by atoms with Gasteiger partial charge in [0.15, 0.2) is 5.82 Å². The Morgan fingerprint density at radius 2 is 2.05 bits per heavy atom. The number of aliphatic carboxylic acids is 1. The second-order valence-electron chi connectivity index (χ2n) is 6.07. The summed E-state index contributed by atoms with van der Waals surface area (Å²) in [6.45, 7) is 0. The lowest BCUT2D eigenvalue weighted by Crippen LogP contribution is -2.30. The number of aromatic nitrogens is 2. The summed E-state index contributed by atoms with van der Waals surface area (Å²) in [6.07, 6.45) is 8.49. The average molecular weight is 264 g/mol. The molecule has 0 unspecified atom stereocenters. The van der Waals surface area contributed by atoms with E-state index in [1.165, 1.54) is 19.3 Å². The Bertz CT molecular complexity index is 459. The molecule has 1 heterocycles. The lowest BCUT2D eigenvalue weighted by Gasteiger charge is -2.23. The van der Waals surface area contributed by atoms with Gasteiger partial charge in [0.2, 0.25) is 5.89 Å². The van der Waals surface area contributed by atoms with Crippen LogP contribution < -0.4 is 0 Å². The van der Waals surface area contributed by atoms with Crippen LogP contribution in [0.3, 0.4) is 0 Å². The maximum Gasteiger partial charge on any atom is 0.310 e. The fourth-order valence-electron chi connectivity index (χ4n) is 3.21. The Labute approximate surface area is 112 Å². The molecule has 0 aliphatic heterocycles. The summed E-state index contributed by atoms with van der Waals surface area (Å²) in [5, 5.41) is 13.4.